The normalized spacial score (nSPS) is 11.6. The molecule has 29 heavy (non-hydrogen) atoms. The van der Waals surface area contributed by atoms with Gasteiger partial charge in [-0.05, 0) is 35.7 Å². The van der Waals surface area contributed by atoms with Crippen molar-refractivity contribution in [2.75, 3.05) is 25.6 Å². The SMILES string of the molecule is CC(C)[C@H](NC(=O)c1ccco1)C(=O)OCC(=O)NCc1ccc(N(C)C)cc1. The molecule has 0 aliphatic rings. The molecule has 1 aromatic carbocycles. The molecule has 2 aromatic rings. The average Bonchev–Trinajstić information content (AvgIpc) is 3.23. The Morgan fingerprint density at radius 1 is 1.10 bits per heavy atom. The minimum atomic E-state index is -0.890. The highest BCUT2D eigenvalue weighted by atomic mass is 16.5. The minimum absolute atomic E-state index is 0.0986. The molecular formula is C21H27N3O5. The van der Waals surface area contributed by atoms with E-state index in [0.29, 0.717) is 6.54 Å². The van der Waals surface area contributed by atoms with Crippen LogP contribution in [0.1, 0.15) is 30.0 Å². The molecule has 0 unspecified atom stereocenters. The van der Waals surface area contributed by atoms with Gasteiger partial charge in [0.2, 0.25) is 0 Å². The number of amides is 2. The first-order valence-corrected chi connectivity index (χ1v) is 9.32. The molecule has 0 saturated heterocycles. The Bertz CT molecular complexity index is 813. The lowest BCUT2D eigenvalue weighted by atomic mass is 10.0. The highest BCUT2D eigenvalue weighted by Crippen LogP contribution is 2.12. The summed E-state index contributed by atoms with van der Waals surface area (Å²) in [6.07, 6.45) is 1.37. The third-order valence-corrected chi connectivity index (χ3v) is 4.24. The van der Waals surface area contributed by atoms with Crippen molar-refractivity contribution < 1.29 is 23.5 Å². The van der Waals surface area contributed by atoms with Crippen LogP contribution in [0.2, 0.25) is 0 Å². The topological polar surface area (TPSA) is 101 Å². The fourth-order valence-corrected chi connectivity index (χ4v) is 2.51. The molecule has 0 radical (unpaired) electrons. The van der Waals surface area contributed by atoms with Crippen molar-refractivity contribution in [1.82, 2.24) is 10.6 Å². The number of esters is 1. The number of hydrogen-bond donors (Lipinski definition) is 2. The van der Waals surface area contributed by atoms with Crippen molar-refractivity contribution in [2.45, 2.75) is 26.4 Å². The van der Waals surface area contributed by atoms with E-state index in [9.17, 15) is 14.4 Å². The predicted octanol–water partition coefficient (Wildman–Crippen LogP) is 1.96. The van der Waals surface area contributed by atoms with Gasteiger partial charge in [-0.25, -0.2) is 4.79 Å². The predicted molar refractivity (Wildman–Crippen MR) is 108 cm³/mol. The average molecular weight is 401 g/mol. The van der Waals surface area contributed by atoms with Gasteiger partial charge in [-0.15, -0.1) is 0 Å². The molecule has 0 bridgehead atoms. The Labute approximate surface area is 170 Å². The van der Waals surface area contributed by atoms with Gasteiger partial charge in [0, 0.05) is 26.3 Å². The van der Waals surface area contributed by atoms with Crippen molar-refractivity contribution in [2.24, 2.45) is 5.92 Å². The second-order valence-corrected chi connectivity index (χ2v) is 7.12. The van der Waals surface area contributed by atoms with Crippen LogP contribution in [0.3, 0.4) is 0 Å². The van der Waals surface area contributed by atoms with Crippen molar-refractivity contribution in [3.63, 3.8) is 0 Å². The molecule has 0 aliphatic carbocycles. The van der Waals surface area contributed by atoms with E-state index in [1.54, 1.807) is 19.9 Å². The van der Waals surface area contributed by atoms with E-state index in [1.807, 2.05) is 43.3 Å². The third kappa shape index (κ3) is 6.67. The molecule has 0 aliphatic heterocycles. The molecule has 1 aromatic heterocycles. The van der Waals surface area contributed by atoms with Crippen LogP contribution in [-0.4, -0.2) is 44.5 Å². The van der Waals surface area contributed by atoms with Crippen LogP contribution in [0.25, 0.3) is 0 Å². The first kappa shape index (κ1) is 22.0. The zero-order chi connectivity index (χ0) is 21.4. The monoisotopic (exact) mass is 401 g/mol. The van der Waals surface area contributed by atoms with Crippen molar-refractivity contribution in [3.05, 3.63) is 54.0 Å². The van der Waals surface area contributed by atoms with Crippen LogP contribution in [0, 0.1) is 5.92 Å². The van der Waals surface area contributed by atoms with E-state index in [0.717, 1.165) is 11.3 Å². The van der Waals surface area contributed by atoms with E-state index in [4.69, 9.17) is 9.15 Å². The van der Waals surface area contributed by atoms with E-state index < -0.39 is 30.4 Å². The van der Waals surface area contributed by atoms with Crippen LogP contribution in [0.15, 0.2) is 47.1 Å². The number of nitrogens with one attached hydrogen (secondary N) is 2. The minimum Gasteiger partial charge on any atom is -0.459 e. The standard InChI is InChI=1S/C21H27N3O5/c1-14(2)19(23-20(26)17-6-5-11-28-17)21(27)29-13-18(25)22-12-15-7-9-16(10-8-15)24(3)4/h5-11,14,19H,12-13H2,1-4H3,(H,22,25)(H,23,26)/t19-/m0/s1. The van der Waals surface area contributed by atoms with Gasteiger partial charge in [0.25, 0.3) is 11.8 Å². The maximum atomic E-state index is 12.3. The summed E-state index contributed by atoms with van der Waals surface area (Å²) in [5, 5.41) is 5.27. The fourth-order valence-electron chi connectivity index (χ4n) is 2.51. The number of anilines is 1. The second-order valence-electron chi connectivity index (χ2n) is 7.12. The van der Waals surface area contributed by atoms with Gasteiger partial charge in [0.05, 0.1) is 6.26 Å². The van der Waals surface area contributed by atoms with Crippen LogP contribution in [0.5, 0.6) is 0 Å². The van der Waals surface area contributed by atoms with Crippen LogP contribution >= 0.6 is 0 Å². The summed E-state index contributed by atoms with van der Waals surface area (Å²) in [4.78, 5) is 38.4. The summed E-state index contributed by atoms with van der Waals surface area (Å²) >= 11 is 0. The fraction of sp³-hybridized carbons (Fsp3) is 0.381. The van der Waals surface area contributed by atoms with Gasteiger partial charge in [0.15, 0.2) is 12.4 Å². The number of nitrogens with zero attached hydrogens (tertiary/aromatic N) is 1. The van der Waals surface area contributed by atoms with E-state index in [1.165, 1.54) is 12.3 Å². The Morgan fingerprint density at radius 3 is 2.34 bits per heavy atom. The van der Waals surface area contributed by atoms with Crippen LogP contribution in [-0.2, 0) is 20.9 Å². The molecule has 8 nitrogen and oxygen atoms in total. The quantitative estimate of drug-likeness (QED) is 0.623. The largest absolute Gasteiger partial charge is 0.459 e. The first-order chi connectivity index (χ1) is 13.8. The molecular weight excluding hydrogens is 374 g/mol. The van der Waals surface area contributed by atoms with E-state index >= 15 is 0 Å². The molecule has 2 amide bonds. The summed E-state index contributed by atoms with van der Waals surface area (Å²) < 4.78 is 10.1. The van der Waals surface area contributed by atoms with Gasteiger partial charge in [-0.3, -0.25) is 9.59 Å². The Balaban J connectivity index is 1.80. The first-order valence-electron chi connectivity index (χ1n) is 9.32. The molecule has 1 heterocycles. The van der Waals surface area contributed by atoms with Crippen molar-refractivity contribution in [1.29, 1.82) is 0 Å². The highest BCUT2D eigenvalue weighted by molar-refractivity contribution is 5.94. The van der Waals surface area contributed by atoms with Gasteiger partial charge in [0.1, 0.15) is 6.04 Å². The Kier molecular flexibility index (Phi) is 7.82. The molecule has 156 valence electrons. The summed E-state index contributed by atoms with van der Waals surface area (Å²) in [6, 6.07) is 9.93. The molecule has 0 spiro atoms. The number of carbonyl (C=O) groups is 3. The maximum Gasteiger partial charge on any atom is 0.329 e. The van der Waals surface area contributed by atoms with Crippen molar-refractivity contribution >= 4 is 23.5 Å². The van der Waals surface area contributed by atoms with Crippen LogP contribution in [0.4, 0.5) is 5.69 Å². The van der Waals surface area contributed by atoms with Gasteiger partial charge in [-0.2, -0.15) is 0 Å². The Morgan fingerprint density at radius 2 is 1.79 bits per heavy atom. The molecule has 0 saturated carbocycles. The lowest BCUT2D eigenvalue weighted by Crippen LogP contribution is -2.46. The zero-order valence-electron chi connectivity index (χ0n) is 17.1. The third-order valence-electron chi connectivity index (χ3n) is 4.24. The van der Waals surface area contributed by atoms with Gasteiger partial charge < -0.3 is 24.7 Å². The van der Waals surface area contributed by atoms with Crippen molar-refractivity contribution in [3.8, 4) is 0 Å². The second kappa shape index (κ2) is 10.3. The van der Waals surface area contributed by atoms with Crippen LogP contribution < -0.4 is 15.5 Å². The lowest BCUT2D eigenvalue weighted by molar-refractivity contribution is -0.151. The number of ether oxygens (including phenoxy) is 1. The molecule has 0 fully saturated rings. The summed E-state index contributed by atoms with van der Waals surface area (Å²) in [6.45, 7) is 3.44. The number of benzene rings is 1. The van der Waals surface area contributed by atoms with E-state index in [-0.39, 0.29) is 11.7 Å². The zero-order valence-corrected chi connectivity index (χ0v) is 17.1. The Hall–Kier alpha value is -3.29. The molecule has 1 atom stereocenters. The van der Waals surface area contributed by atoms with E-state index in [2.05, 4.69) is 10.6 Å². The molecule has 2 rings (SSSR count). The number of hydrogen-bond acceptors (Lipinski definition) is 6. The summed E-state index contributed by atoms with van der Waals surface area (Å²) in [5.74, 6) is -1.74. The molecule has 2 N–H and O–H groups in total. The number of rotatable bonds is 9. The lowest BCUT2D eigenvalue weighted by Gasteiger charge is -2.20. The summed E-state index contributed by atoms with van der Waals surface area (Å²) in [5.41, 5.74) is 1.99. The molecule has 8 heteroatoms. The maximum absolute atomic E-state index is 12.3. The van der Waals surface area contributed by atoms with Gasteiger partial charge in [-0.1, -0.05) is 26.0 Å². The number of furan rings is 1. The number of carbonyl (C=O) groups excluding carboxylic acids is 3. The smallest absolute Gasteiger partial charge is 0.329 e. The summed E-state index contributed by atoms with van der Waals surface area (Å²) in [7, 11) is 3.90. The van der Waals surface area contributed by atoms with Gasteiger partial charge >= 0.3 is 5.97 Å². The highest BCUT2D eigenvalue weighted by Gasteiger charge is 2.27.